The Bertz CT molecular complexity index is 584. The number of Topliss-reactive ketones (excluding diaryl/α,β-unsaturated/α-hetero) is 1. The molecule has 1 aliphatic heterocycles. The molecular formula is C19H27N3O2. The van der Waals surface area contributed by atoms with E-state index >= 15 is 0 Å². The summed E-state index contributed by atoms with van der Waals surface area (Å²) in [4.78, 5) is 33.4. The first-order valence-corrected chi connectivity index (χ1v) is 9.04. The summed E-state index contributed by atoms with van der Waals surface area (Å²) in [5, 5.41) is 0. The van der Waals surface area contributed by atoms with Gasteiger partial charge < -0.3 is 4.90 Å². The maximum absolute atomic E-state index is 12.7. The molecule has 1 amide bonds. The number of carbonyl (C=O) groups excluding carboxylic acids is 2. The molecule has 1 saturated carbocycles. The minimum Gasteiger partial charge on any atom is -0.334 e. The van der Waals surface area contributed by atoms with Gasteiger partial charge >= 0.3 is 0 Å². The van der Waals surface area contributed by atoms with Crippen molar-refractivity contribution >= 4 is 11.7 Å². The third-order valence-electron chi connectivity index (χ3n) is 5.11. The molecule has 0 N–H and O–H groups in total. The third-order valence-corrected chi connectivity index (χ3v) is 5.11. The van der Waals surface area contributed by atoms with Gasteiger partial charge in [-0.2, -0.15) is 0 Å². The molecule has 0 radical (unpaired) electrons. The molecule has 5 nitrogen and oxygen atoms in total. The molecule has 1 aromatic rings. The van der Waals surface area contributed by atoms with Crippen LogP contribution in [0.4, 0.5) is 0 Å². The normalized spacial score (nSPS) is 22.5. The van der Waals surface area contributed by atoms with Crippen molar-refractivity contribution in [3.63, 3.8) is 0 Å². The van der Waals surface area contributed by atoms with Gasteiger partial charge in [-0.15, -0.1) is 0 Å². The van der Waals surface area contributed by atoms with Gasteiger partial charge in [-0.05, 0) is 43.2 Å². The van der Waals surface area contributed by atoms with Crippen molar-refractivity contribution in [2.75, 3.05) is 26.2 Å². The van der Waals surface area contributed by atoms with E-state index in [4.69, 9.17) is 0 Å². The number of aromatic nitrogens is 1. The van der Waals surface area contributed by atoms with Gasteiger partial charge in [0.1, 0.15) is 0 Å². The lowest BCUT2D eigenvalue weighted by atomic mass is 10.0. The van der Waals surface area contributed by atoms with Crippen LogP contribution in [0.15, 0.2) is 24.5 Å². The molecule has 1 atom stereocenters. The van der Waals surface area contributed by atoms with Crippen molar-refractivity contribution in [2.45, 2.75) is 39.2 Å². The zero-order valence-corrected chi connectivity index (χ0v) is 14.6. The van der Waals surface area contributed by atoms with E-state index in [1.807, 2.05) is 0 Å². The molecule has 2 aliphatic rings. The molecule has 1 aliphatic carbocycles. The van der Waals surface area contributed by atoms with Crippen molar-refractivity contribution in [1.82, 2.24) is 14.8 Å². The van der Waals surface area contributed by atoms with Crippen molar-refractivity contribution < 1.29 is 9.59 Å². The van der Waals surface area contributed by atoms with Gasteiger partial charge in [0, 0.05) is 50.2 Å². The number of ketones is 1. The van der Waals surface area contributed by atoms with Crippen molar-refractivity contribution in [3.05, 3.63) is 30.1 Å². The van der Waals surface area contributed by atoms with Crippen LogP contribution in [-0.4, -0.2) is 58.7 Å². The van der Waals surface area contributed by atoms with Crippen LogP contribution in [0.2, 0.25) is 0 Å². The quantitative estimate of drug-likeness (QED) is 0.614. The maximum Gasteiger partial charge on any atom is 0.295 e. The number of amides is 1. The molecule has 0 spiro atoms. The average molecular weight is 329 g/mol. The molecule has 2 fully saturated rings. The number of hydrogen-bond acceptors (Lipinski definition) is 4. The van der Waals surface area contributed by atoms with E-state index in [0.717, 1.165) is 25.4 Å². The SMILES string of the molecule is CC(C)[C@@H]1CN(C(=O)C(=O)c2cccnc2)CCCN1CC1CC1. The summed E-state index contributed by atoms with van der Waals surface area (Å²) in [7, 11) is 0. The van der Waals surface area contributed by atoms with Crippen LogP contribution in [0.1, 0.15) is 43.5 Å². The summed E-state index contributed by atoms with van der Waals surface area (Å²) < 4.78 is 0. The summed E-state index contributed by atoms with van der Waals surface area (Å²) in [5.74, 6) is 0.472. The topological polar surface area (TPSA) is 53.5 Å². The minimum atomic E-state index is -0.443. The van der Waals surface area contributed by atoms with Crippen molar-refractivity contribution in [3.8, 4) is 0 Å². The molecule has 1 saturated heterocycles. The molecule has 24 heavy (non-hydrogen) atoms. The summed E-state index contributed by atoms with van der Waals surface area (Å²) in [6.07, 6.45) is 6.68. The van der Waals surface area contributed by atoms with E-state index in [0.29, 0.717) is 30.6 Å². The number of hydrogen-bond donors (Lipinski definition) is 0. The second kappa shape index (κ2) is 7.43. The lowest BCUT2D eigenvalue weighted by Crippen LogP contribution is -2.47. The highest BCUT2D eigenvalue weighted by Crippen LogP contribution is 2.31. The van der Waals surface area contributed by atoms with Gasteiger partial charge in [0.05, 0.1) is 0 Å². The molecule has 0 bridgehead atoms. The number of carbonyl (C=O) groups is 2. The Balaban J connectivity index is 1.70. The van der Waals surface area contributed by atoms with E-state index in [2.05, 4.69) is 23.7 Å². The second-order valence-electron chi connectivity index (χ2n) is 7.43. The van der Waals surface area contributed by atoms with Crippen LogP contribution in [0.25, 0.3) is 0 Å². The second-order valence-corrected chi connectivity index (χ2v) is 7.43. The van der Waals surface area contributed by atoms with Crippen LogP contribution >= 0.6 is 0 Å². The first-order valence-electron chi connectivity index (χ1n) is 9.04. The molecule has 5 heteroatoms. The standard InChI is InChI=1S/C19H27N3O2/c1-14(2)17-13-22(10-4-9-21(17)12-15-6-7-15)19(24)18(23)16-5-3-8-20-11-16/h3,5,8,11,14-15,17H,4,6-7,9-10,12-13H2,1-2H3/t17-/m0/s1. The van der Waals surface area contributed by atoms with Gasteiger partial charge in [0.25, 0.3) is 11.7 Å². The Morgan fingerprint density at radius 3 is 2.71 bits per heavy atom. The zero-order chi connectivity index (χ0) is 17.1. The Morgan fingerprint density at radius 1 is 1.29 bits per heavy atom. The average Bonchev–Trinajstić information content (AvgIpc) is 3.41. The lowest BCUT2D eigenvalue weighted by Gasteiger charge is -2.34. The van der Waals surface area contributed by atoms with Gasteiger partial charge in [-0.1, -0.05) is 13.8 Å². The Kier molecular flexibility index (Phi) is 5.29. The molecule has 2 heterocycles. The van der Waals surface area contributed by atoms with E-state index in [-0.39, 0.29) is 5.91 Å². The Morgan fingerprint density at radius 2 is 2.08 bits per heavy atom. The maximum atomic E-state index is 12.7. The van der Waals surface area contributed by atoms with E-state index in [1.54, 1.807) is 23.2 Å². The number of rotatable bonds is 5. The smallest absolute Gasteiger partial charge is 0.295 e. The lowest BCUT2D eigenvalue weighted by molar-refractivity contribution is -0.126. The van der Waals surface area contributed by atoms with Gasteiger partial charge in [0.15, 0.2) is 0 Å². The van der Waals surface area contributed by atoms with Crippen LogP contribution in [0.3, 0.4) is 0 Å². The minimum absolute atomic E-state index is 0.332. The van der Waals surface area contributed by atoms with Crippen molar-refractivity contribution in [1.29, 1.82) is 0 Å². The summed E-state index contributed by atoms with van der Waals surface area (Å²) in [6.45, 7) is 7.89. The summed E-state index contributed by atoms with van der Waals surface area (Å²) in [5.41, 5.74) is 0.377. The third kappa shape index (κ3) is 4.01. The first-order chi connectivity index (χ1) is 11.6. The fourth-order valence-electron chi connectivity index (χ4n) is 3.50. The van der Waals surface area contributed by atoms with E-state index < -0.39 is 5.78 Å². The number of pyridine rings is 1. The number of nitrogens with zero attached hydrogens (tertiary/aromatic N) is 3. The summed E-state index contributed by atoms with van der Waals surface area (Å²) in [6, 6.07) is 3.68. The Labute approximate surface area is 144 Å². The molecule has 0 unspecified atom stereocenters. The van der Waals surface area contributed by atoms with Gasteiger partial charge in [-0.25, -0.2) is 0 Å². The largest absolute Gasteiger partial charge is 0.334 e. The van der Waals surface area contributed by atoms with Crippen molar-refractivity contribution in [2.24, 2.45) is 11.8 Å². The highest BCUT2D eigenvalue weighted by molar-refractivity contribution is 6.42. The van der Waals surface area contributed by atoms with Crippen LogP contribution < -0.4 is 0 Å². The molecule has 130 valence electrons. The Hall–Kier alpha value is -1.75. The monoisotopic (exact) mass is 329 g/mol. The van der Waals surface area contributed by atoms with E-state index in [1.165, 1.54) is 19.0 Å². The van der Waals surface area contributed by atoms with Crippen LogP contribution in [-0.2, 0) is 4.79 Å². The molecule has 0 aromatic carbocycles. The van der Waals surface area contributed by atoms with Crippen LogP contribution in [0.5, 0.6) is 0 Å². The predicted molar refractivity (Wildman–Crippen MR) is 92.7 cm³/mol. The van der Waals surface area contributed by atoms with Gasteiger partial charge in [-0.3, -0.25) is 19.5 Å². The van der Waals surface area contributed by atoms with Crippen LogP contribution in [0, 0.1) is 11.8 Å². The highest BCUT2D eigenvalue weighted by atomic mass is 16.2. The summed E-state index contributed by atoms with van der Waals surface area (Å²) >= 11 is 0. The molecule has 3 rings (SSSR count). The zero-order valence-electron chi connectivity index (χ0n) is 14.6. The fraction of sp³-hybridized carbons (Fsp3) is 0.632. The first kappa shape index (κ1) is 17.1. The fourth-order valence-corrected chi connectivity index (χ4v) is 3.50. The highest BCUT2D eigenvalue weighted by Gasteiger charge is 2.34. The predicted octanol–water partition coefficient (Wildman–Crippen LogP) is 2.23. The van der Waals surface area contributed by atoms with Gasteiger partial charge in [0.2, 0.25) is 0 Å². The molecule has 1 aromatic heterocycles. The molecular weight excluding hydrogens is 302 g/mol. The van der Waals surface area contributed by atoms with E-state index in [9.17, 15) is 9.59 Å².